The van der Waals surface area contributed by atoms with Crippen LogP contribution in [0.1, 0.15) is 50.5 Å². The van der Waals surface area contributed by atoms with Gasteiger partial charge in [0.2, 0.25) is 0 Å². The molecule has 3 aromatic carbocycles. The second-order valence-corrected chi connectivity index (χ2v) is 10.6. The van der Waals surface area contributed by atoms with Gasteiger partial charge in [-0.1, -0.05) is 65.9 Å². The first-order chi connectivity index (χ1) is 21.2. The van der Waals surface area contributed by atoms with Gasteiger partial charge in [0, 0.05) is 31.2 Å². The van der Waals surface area contributed by atoms with Crippen molar-refractivity contribution in [2.75, 3.05) is 19.6 Å². The summed E-state index contributed by atoms with van der Waals surface area (Å²) in [6.45, 7) is 1.45. The number of aromatic nitrogens is 3. The molecule has 2 amide bonds. The molecule has 2 heterocycles. The van der Waals surface area contributed by atoms with Crippen LogP contribution in [0.4, 0.5) is 13.2 Å². The van der Waals surface area contributed by atoms with Crippen molar-refractivity contribution in [1.82, 2.24) is 30.5 Å². The summed E-state index contributed by atoms with van der Waals surface area (Å²) in [4.78, 5) is 28.0. The molecule has 1 aliphatic rings. The second kappa shape index (κ2) is 14.3. The van der Waals surface area contributed by atoms with Crippen molar-refractivity contribution in [3.63, 3.8) is 0 Å². The van der Waals surface area contributed by atoms with Crippen LogP contribution in [-0.2, 0) is 24.5 Å². The van der Waals surface area contributed by atoms with Crippen molar-refractivity contribution in [1.29, 1.82) is 0 Å². The number of hydrogen-bond acceptors (Lipinski definition) is 6. The number of carbonyl (C=O) groups excluding carboxylic acids is 2. The van der Waals surface area contributed by atoms with Crippen molar-refractivity contribution in [3.05, 3.63) is 113 Å². The highest BCUT2D eigenvalue weighted by atomic mass is 19.4. The van der Waals surface area contributed by atoms with Crippen LogP contribution in [0.2, 0.25) is 0 Å². The predicted octanol–water partition coefficient (Wildman–Crippen LogP) is 4.67. The minimum absolute atomic E-state index is 0.0211. The predicted molar refractivity (Wildman–Crippen MR) is 157 cm³/mol. The zero-order chi connectivity index (χ0) is 30.9. The smallest absolute Gasteiger partial charge is 0.370 e. The molecule has 0 spiro atoms. The van der Waals surface area contributed by atoms with E-state index in [0.717, 1.165) is 38.0 Å². The lowest BCUT2D eigenvalue weighted by atomic mass is 10.0. The zero-order valence-corrected chi connectivity index (χ0v) is 24.0. The summed E-state index contributed by atoms with van der Waals surface area (Å²) < 4.78 is 44.9. The Balaban J connectivity index is 1.27. The number of piperidine rings is 1. The molecule has 0 radical (unpaired) electrons. The van der Waals surface area contributed by atoms with E-state index in [1.54, 1.807) is 0 Å². The van der Waals surface area contributed by atoms with Gasteiger partial charge in [-0.15, -0.1) is 5.10 Å². The number of hydrogen-bond donors (Lipinski definition) is 2. The van der Waals surface area contributed by atoms with Crippen LogP contribution >= 0.6 is 0 Å². The summed E-state index contributed by atoms with van der Waals surface area (Å²) in [5.41, 5.74) is 3.26. The monoisotopic (exact) mass is 606 g/mol. The van der Waals surface area contributed by atoms with Crippen LogP contribution in [0.5, 0.6) is 0 Å². The Labute approximate surface area is 253 Å². The largest absolute Gasteiger partial charge is 0.405 e. The molecule has 0 bridgehead atoms. The van der Waals surface area contributed by atoms with Gasteiger partial charge >= 0.3 is 6.18 Å². The molecule has 0 saturated carbocycles. The summed E-state index contributed by atoms with van der Waals surface area (Å²) in [5, 5.41) is 13.3. The van der Waals surface area contributed by atoms with Crippen LogP contribution in [0, 0.1) is 0 Å². The number of carbonyl (C=O) groups is 2. The van der Waals surface area contributed by atoms with Crippen molar-refractivity contribution in [2.24, 2.45) is 0 Å². The molecule has 1 aromatic heterocycles. The van der Waals surface area contributed by atoms with Crippen molar-refractivity contribution >= 4 is 11.8 Å². The standard InChI is InChI=1S/C32H33F3N6O3/c33-32(34,35)22-36-30(42)25-11-13-27(14-12-25)41-28(21-44-20-24-9-5-2-6-10-24)29(38-39-41)31(43)37-26-15-17-40(18-16-26)19-23-7-3-1-4-8-23/h1-14,26H,15-22H2,(H,36,42)(H,37,43). The number of nitrogens with zero attached hydrogens (tertiary/aromatic N) is 4. The zero-order valence-electron chi connectivity index (χ0n) is 24.0. The topological polar surface area (TPSA) is 101 Å². The van der Waals surface area contributed by atoms with Gasteiger partial charge in [0.25, 0.3) is 11.8 Å². The van der Waals surface area contributed by atoms with E-state index in [2.05, 4.69) is 32.7 Å². The summed E-state index contributed by atoms with van der Waals surface area (Å²) >= 11 is 0. The third-order valence-electron chi connectivity index (χ3n) is 7.32. The second-order valence-electron chi connectivity index (χ2n) is 10.6. The SMILES string of the molecule is O=C(NCC(F)(F)F)c1ccc(-n2nnc(C(=O)NC3CCN(Cc4ccccc4)CC3)c2COCc2ccccc2)cc1. The molecule has 0 aliphatic carbocycles. The number of alkyl halides is 3. The summed E-state index contributed by atoms with van der Waals surface area (Å²) in [6.07, 6.45) is -2.92. The maximum absolute atomic E-state index is 13.4. The number of likely N-dealkylation sites (tertiary alicyclic amines) is 1. The van der Waals surface area contributed by atoms with Crippen molar-refractivity contribution in [3.8, 4) is 5.69 Å². The summed E-state index contributed by atoms with van der Waals surface area (Å²) in [6, 6.07) is 25.7. The van der Waals surface area contributed by atoms with Gasteiger partial charge in [-0.25, -0.2) is 4.68 Å². The molecule has 0 unspecified atom stereocenters. The first-order valence-electron chi connectivity index (χ1n) is 14.3. The van der Waals surface area contributed by atoms with E-state index in [1.165, 1.54) is 34.5 Å². The number of ether oxygens (including phenoxy) is 1. The van der Waals surface area contributed by atoms with E-state index >= 15 is 0 Å². The first kappa shape index (κ1) is 30.9. The molecule has 12 heteroatoms. The third-order valence-corrected chi connectivity index (χ3v) is 7.32. The fourth-order valence-electron chi connectivity index (χ4n) is 5.02. The van der Waals surface area contributed by atoms with Gasteiger partial charge < -0.3 is 15.4 Å². The highest BCUT2D eigenvalue weighted by molar-refractivity contribution is 5.94. The van der Waals surface area contributed by atoms with E-state index in [4.69, 9.17) is 4.74 Å². The molecule has 2 N–H and O–H groups in total. The van der Waals surface area contributed by atoms with E-state index in [-0.39, 0.29) is 29.8 Å². The van der Waals surface area contributed by atoms with Gasteiger partial charge in [-0.05, 0) is 48.2 Å². The summed E-state index contributed by atoms with van der Waals surface area (Å²) in [7, 11) is 0. The fraction of sp³-hybridized carbons (Fsp3) is 0.312. The number of rotatable bonds is 11. The Bertz CT molecular complexity index is 1520. The fourth-order valence-corrected chi connectivity index (χ4v) is 5.02. The normalized spacial score (nSPS) is 14.3. The Hall–Kier alpha value is -4.55. The van der Waals surface area contributed by atoms with Gasteiger partial charge in [-0.2, -0.15) is 13.2 Å². The maximum Gasteiger partial charge on any atom is 0.405 e. The Morgan fingerprint density at radius 2 is 1.48 bits per heavy atom. The van der Waals surface area contributed by atoms with Crippen LogP contribution < -0.4 is 10.6 Å². The van der Waals surface area contributed by atoms with Gasteiger partial charge in [-0.3, -0.25) is 14.5 Å². The molecule has 0 atom stereocenters. The number of nitrogens with one attached hydrogen (secondary N) is 2. The maximum atomic E-state index is 13.4. The van der Waals surface area contributed by atoms with Crippen LogP contribution in [0.15, 0.2) is 84.9 Å². The molecule has 5 rings (SSSR count). The average Bonchev–Trinajstić information content (AvgIpc) is 3.45. The Morgan fingerprint density at radius 1 is 0.841 bits per heavy atom. The lowest BCUT2D eigenvalue weighted by Crippen LogP contribution is -2.44. The minimum Gasteiger partial charge on any atom is -0.370 e. The third kappa shape index (κ3) is 8.51. The molecule has 9 nitrogen and oxygen atoms in total. The highest BCUT2D eigenvalue weighted by Gasteiger charge is 2.28. The molecule has 4 aromatic rings. The van der Waals surface area contributed by atoms with E-state index < -0.39 is 18.6 Å². The lowest BCUT2D eigenvalue weighted by molar-refractivity contribution is -0.123. The molecule has 44 heavy (non-hydrogen) atoms. The molecule has 1 saturated heterocycles. The van der Waals surface area contributed by atoms with Gasteiger partial charge in [0.05, 0.1) is 18.9 Å². The average molecular weight is 607 g/mol. The van der Waals surface area contributed by atoms with Crippen LogP contribution in [-0.4, -0.2) is 63.6 Å². The van der Waals surface area contributed by atoms with E-state index in [1.807, 2.05) is 53.8 Å². The number of halogens is 3. The molecule has 1 fully saturated rings. The molecule has 230 valence electrons. The van der Waals surface area contributed by atoms with Crippen molar-refractivity contribution < 1.29 is 27.5 Å². The quantitative estimate of drug-likeness (QED) is 0.258. The first-order valence-corrected chi connectivity index (χ1v) is 14.3. The molecular formula is C32H33F3N6O3. The van der Waals surface area contributed by atoms with Gasteiger partial charge in [0.1, 0.15) is 12.2 Å². The van der Waals surface area contributed by atoms with Crippen molar-refractivity contribution in [2.45, 2.75) is 44.8 Å². The highest BCUT2D eigenvalue weighted by Crippen LogP contribution is 2.19. The van der Waals surface area contributed by atoms with Gasteiger partial charge in [0.15, 0.2) is 5.69 Å². The summed E-state index contributed by atoms with van der Waals surface area (Å²) in [5.74, 6) is -1.21. The number of benzene rings is 3. The van der Waals surface area contributed by atoms with E-state index in [0.29, 0.717) is 18.0 Å². The molecule has 1 aliphatic heterocycles. The van der Waals surface area contributed by atoms with E-state index in [9.17, 15) is 22.8 Å². The Morgan fingerprint density at radius 3 is 2.11 bits per heavy atom. The van der Waals surface area contributed by atoms with Crippen LogP contribution in [0.25, 0.3) is 5.69 Å². The lowest BCUT2D eigenvalue weighted by Gasteiger charge is -2.32. The van der Waals surface area contributed by atoms with Crippen LogP contribution in [0.3, 0.4) is 0 Å². The number of amides is 2. The minimum atomic E-state index is -4.51. The Kier molecular flexibility index (Phi) is 10.0. The molecular weight excluding hydrogens is 573 g/mol.